The fourth-order valence-electron chi connectivity index (χ4n) is 3.29. The number of anilines is 2. The molecule has 8 heteroatoms. The summed E-state index contributed by atoms with van der Waals surface area (Å²) in [5, 5.41) is 3.02. The topological polar surface area (TPSA) is 77.8 Å². The lowest BCUT2D eigenvalue weighted by molar-refractivity contribution is 0.474. The number of nitrogens with one attached hydrogen (secondary N) is 1. The van der Waals surface area contributed by atoms with Crippen molar-refractivity contribution in [1.29, 1.82) is 0 Å². The number of hydrogen-bond acceptors (Lipinski definition) is 6. The molecular weight excluding hydrogens is 383 g/mol. The first-order valence-corrected chi connectivity index (χ1v) is 9.30. The Bertz CT molecular complexity index is 1390. The molecule has 0 amide bonds. The van der Waals surface area contributed by atoms with Crippen LogP contribution < -0.4 is 10.1 Å². The molecule has 1 N–H and O–H groups in total. The summed E-state index contributed by atoms with van der Waals surface area (Å²) in [5.74, 6) is 1.000. The number of fused-ring (bicyclic) bond motifs is 2. The van der Waals surface area contributed by atoms with E-state index in [0.29, 0.717) is 28.4 Å². The van der Waals surface area contributed by atoms with E-state index in [0.717, 1.165) is 16.6 Å². The standard InChI is InChI=1S/C22H17FN6O/c1-13-8-17(28-22-21-16(25-11-26-22)4-3-7-24-21)15(23)10-20(13)30-14-5-6-19-18(9-14)27-12-29(19)2/h3-12H,1-2H3,(H,25,26,28). The van der Waals surface area contributed by atoms with Crippen molar-refractivity contribution in [3.8, 4) is 11.5 Å². The maximum absolute atomic E-state index is 14.9. The van der Waals surface area contributed by atoms with Crippen molar-refractivity contribution < 1.29 is 9.13 Å². The Morgan fingerprint density at radius 1 is 1.00 bits per heavy atom. The van der Waals surface area contributed by atoms with Gasteiger partial charge in [0.15, 0.2) is 5.82 Å². The largest absolute Gasteiger partial charge is 0.457 e. The minimum Gasteiger partial charge on any atom is -0.457 e. The molecule has 148 valence electrons. The molecule has 0 unspecified atom stereocenters. The van der Waals surface area contributed by atoms with Crippen LogP contribution in [-0.2, 0) is 7.05 Å². The second-order valence-electron chi connectivity index (χ2n) is 6.92. The third kappa shape index (κ3) is 3.18. The molecule has 3 aromatic heterocycles. The van der Waals surface area contributed by atoms with Crippen LogP contribution in [0.4, 0.5) is 15.9 Å². The Morgan fingerprint density at radius 2 is 1.90 bits per heavy atom. The smallest absolute Gasteiger partial charge is 0.160 e. The molecular formula is C22H17FN6O. The number of aromatic nitrogens is 5. The predicted molar refractivity (Wildman–Crippen MR) is 113 cm³/mol. The molecule has 0 fully saturated rings. The highest BCUT2D eigenvalue weighted by Crippen LogP contribution is 2.32. The van der Waals surface area contributed by atoms with Gasteiger partial charge >= 0.3 is 0 Å². The van der Waals surface area contributed by atoms with E-state index in [1.54, 1.807) is 24.7 Å². The van der Waals surface area contributed by atoms with Gasteiger partial charge in [-0.05, 0) is 42.8 Å². The molecule has 0 saturated heterocycles. The quantitative estimate of drug-likeness (QED) is 0.463. The van der Waals surface area contributed by atoms with Crippen molar-refractivity contribution in [2.75, 3.05) is 5.32 Å². The van der Waals surface area contributed by atoms with Crippen LogP contribution in [0.25, 0.3) is 22.1 Å². The number of aryl methyl sites for hydroxylation is 2. The number of halogens is 1. The normalized spacial score (nSPS) is 11.2. The van der Waals surface area contributed by atoms with Crippen molar-refractivity contribution in [3.05, 3.63) is 72.7 Å². The Morgan fingerprint density at radius 3 is 2.80 bits per heavy atom. The molecule has 30 heavy (non-hydrogen) atoms. The molecule has 5 rings (SSSR count). The summed E-state index contributed by atoms with van der Waals surface area (Å²) in [5.41, 5.74) is 4.11. The fraction of sp³-hybridized carbons (Fsp3) is 0.0909. The number of nitrogens with zero attached hydrogens (tertiary/aromatic N) is 5. The number of pyridine rings is 1. The second kappa shape index (κ2) is 7.07. The van der Waals surface area contributed by atoms with Crippen LogP contribution in [0.3, 0.4) is 0 Å². The molecule has 0 radical (unpaired) electrons. The first-order valence-electron chi connectivity index (χ1n) is 9.30. The Balaban J connectivity index is 1.45. The van der Waals surface area contributed by atoms with Gasteiger partial charge in [-0.15, -0.1) is 0 Å². The average Bonchev–Trinajstić information content (AvgIpc) is 3.12. The van der Waals surface area contributed by atoms with Crippen LogP contribution in [0.5, 0.6) is 11.5 Å². The number of rotatable bonds is 4. The summed E-state index contributed by atoms with van der Waals surface area (Å²) in [4.78, 5) is 17.0. The number of ether oxygens (including phenoxy) is 1. The molecule has 0 saturated carbocycles. The zero-order chi connectivity index (χ0) is 20.7. The highest BCUT2D eigenvalue weighted by Gasteiger charge is 2.13. The summed E-state index contributed by atoms with van der Waals surface area (Å²) in [7, 11) is 1.93. The van der Waals surface area contributed by atoms with E-state index >= 15 is 0 Å². The zero-order valence-corrected chi connectivity index (χ0v) is 16.3. The van der Waals surface area contributed by atoms with Crippen molar-refractivity contribution in [2.24, 2.45) is 7.05 Å². The van der Waals surface area contributed by atoms with E-state index in [9.17, 15) is 4.39 Å². The lowest BCUT2D eigenvalue weighted by atomic mass is 10.2. The third-order valence-electron chi connectivity index (χ3n) is 4.84. The number of hydrogen-bond donors (Lipinski definition) is 1. The summed E-state index contributed by atoms with van der Waals surface area (Å²) in [6.07, 6.45) is 4.81. The molecule has 0 bridgehead atoms. The van der Waals surface area contributed by atoms with Gasteiger partial charge in [0.25, 0.3) is 0 Å². The SMILES string of the molecule is Cc1cc(Nc2ncnc3cccnc23)c(F)cc1Oc1ccc2c(c1)ncn2C. The Hall–Kier alpha value is -4.07. The molecule has 0 aliphatic rings. The van der Waals surface area contributed by atoms with Gasteiger partial charge in [0.1, 0.15) is 29.2 Å². The van der Waals surface area contributed by atoms with E-state index in [1.807, 2.05) is 42.8 Å². The maximum atomic E-state index is 14.9. The zero-order valence-electron chi connectivity index (χ0n) is 16.3. The van der Waals surface area contributed by atoms with Gasteiger partial charge in [-0.25, -0.2) is 19.3 Å². The van der Waals surface area contributed by atoms with E-state index in [1.165, 1.54) is 12.4 Å². The minimum atomic E-state index is -0.461. The number of benzene rings is 2. The van der Waals surface area contributed by atoms with Crippen LogP contribution in [-0.4, -0.2) is 24.5 Å². The number of imidazole rings is 1. The average molecular weight is 400 g/mol. The third-order valence-corrected chi connectivity index (χ3v) is 4.84. The van der Waals surface area contributed by atoms with Crippen molar-refractivity contribution in [3.63, 3.8) is 0 Å². The van der Waals surface area contributed by atoms with Crippen LogP contribution in [0.2, 0.25) is 0 Å². The second-order valence-corrected chi connectivity index (χ2v) is 6.92. The van der Waals surface area contributed by atoms with Gasteiger partial charge in [0.05, 0.1) is 28.6 Å². The van der Waals surface area contributed by atoms with Gasteiger partial charge in [0.2, 0.25) is 0 Å². The molecule has 5 aromatic rings. The van der Waals surface area contributed by atoms with Gasteiger partial charge in [-0.1, -0.05) is 0 Å². The Kier molecular flexibility index (Phi) is 4.24. The summed E-state index contributed by atoms with van der Waals surface area (Å²) in [6, 6.07) is 12.2. The highest BCUT2D eigenvalue weighted by molar-refractivity contribution is 5.86. The van der Waals surface area contributed by atoms with E-state index in [2.05, 4.69) is 25.3 Å². The van der Waals surface area contributed by atoms with Crippen LogP contribution >= 0.6 is 0 Å². The molecule has 3 heterocycles. The summed E-state index contributed by atoms with van der Waals surface area (Å²) < 4.78 is 22.7. The summed E-state index contributed by atoms with van der Waals surface area (Å²) in [6.45, 7) is 1.86. The molecule has 0 atom stereocenters. The Labute approximate surface area is 171 Å². The van der Waals surface area contributed by atoms with Crippen molar-refractivity contribution >= 4 is 33.6 Å². The maximum Gasteiger partial charge on any atom is 0.160 e. The van der Waals surface area contributed by atoms with Gasteiger partial charge in [-0.3, -0.25) is 4.98 Å². The highest BCUT2D eigenvalue weighted by atomic mass is 19.1. The van der Waals surface area contributed by atoms with Crippen molar-refractivity contribution in [1.82, 2.24) is 24.5 Å². The van der Waals surface area contributed by atoms with Crippen LogP contribution in [0.15, 0.2) is 61.3 Å². The minimum absolute atomic E-state index is 0.283. The first-order chi connectivity index (χ1) is 14.6. The first kappa shape index (κ1) is 18.0. The van der Waals surface area contributed by atoms with Gasteiger partial charge in [0, 0.05) is 25.4 Å². The lowest BCUT2D eigenvalue weighted by Crippen LogP contribution is -2.00. The van der Waals surface area contributed by atoms with Crippen molar-refractivity contribution in [2.45, 2.75) is 6.92 Å². The van der Waals surface area contributed by atoms with Gasteiger partial charge < -0.3 is 14.6 Å². The molecule has 0 aliphatic heterocycles. The lowest BCUT2D eigenvalue weighted by Gasteiger charge is -2.13. The molecule has 0 spiro atoms. The van der Waals surface area contributed by atoms with Crippen LogP contribution in [0, 0.1) is 12.7 Å². The predicted octanol–water partition coefficient (Wildman–Crippen LogP) is 4.89. The monoisotopic (exact) mass is 400 g/mol. The summed E-state index contributed by atoms with van der Waals surface area (Å²) >= 11 is 0. The van der Waals surface area contributed by atoms with E-state index < -0.39 is 5.82 Å². The molecule has 0 aliphatic carbocycles. The van der Waals surface area contributed by atoms with Gasteiger partial charge in [-0.2, -0.15) is 0 Å². The fourth-order valence-corrected chi connectivity index (χ4v) is 3.29. The van der Waals surface area contributed by atoms with E-state index in [4.69, 9.17) is 4.74 Å². The van der Waals surface area contributed by atoms with E-state index in [-0.39, 0.29) is 5.69 Å². The molecule has 2 aromatic carbocycles. The van der Waals surface area contributed by atoms with Crippen LogP contribution in [0.1, 0.15) is 5.56 Å². The molecule has 7 nitrogen and oxygen atoms in total.